The molecule has 0 radical (unpaired) electrons. The van der Waals surface area contributed by atoms with Crippen molar-refractivity contribution >= 4 is 23.1 Å². The summed E-state index contributed by atoms with van der Waals surface area (Å²) in [5.74, 6) is 0. The van der Waals surface area contributed by atoms with Crippen molar-refractivity contribution in [3.8, 4) is 0 Å². The first kappa shape index (κ1) is 16.3. The predicted octanol–water partition coefficient (Wildman–Crippen LogP) is 4.73. The van der Waals surface area contributed by atoms with Crippen molar-refractivity contribution in [2.24, 2.45) is 0 Å². The molecule has 0 aliphatic carbocycles. The molecule has 114 valence electrons. The molecular weight excluding hydrogens is 317 g/mol. The highest BCUT2D eigenvalue weighted by atomic mass is 32.2. The van der Waals surface area contributed by atoms with Crippen molar-refractivity contribution in [1.29, 1.82) is 0 Å². The van der Waals surface area contributed by atoms with Gasteiger partial charge in [0.1, 0.15) is 0 Å². The molecule has 2 rings (SSSR count). The number of aryl methyl sites for hydroxylation is 1. The van der Waals surface area contributed by atoms with Crippen molar-refractivity contribution in [1.82, 2.24) is 10.3 Å². The molecular formula is C14H15F3N2S2. The van der Waals surface area contributed by atoms with E-state index in [0.29, 0.717) is 16.4 Å². The molecule has 7 heteroatoms. The van der Waals surface area contributed by atoms with E-state index < -0.39 is 11.7 Å². The number of benzene rings is 1. The average molecular weight is 332 g/mol. The monoisotopic (exact) mass is 332 g/mol. The van der Waals surface area contributed by atoms with Gasteiger partial charge in [0.15, 0.2) is 4.34 Å². The fraction of sp³-hybridized carbons (Fsp3) is 0.357. The van der Waals surface area contributed by atoms with Gasteiger partial charge in [0.2, 0.25) is 0 Å². The van der Waals surface area contributed by atoms with E-state index in [1.807, 2.05) is 19.2 Å². The van der Waals surface area contributed by atoms with Crippen molar-refractivity contribution in [3.63, 3.8) is 0 Å². The number of rotatable bonds is 5. The first-order chi connectivity index (χ1) is 9.90. The Balaban J connectivity index is 2.31. The molecule has 1 aromatic heterocycles. The van der Waals surface area contributed by atoms with Crippen LogP contribution in [0.5, 0.6) is 0 Å². The Morgan fingerprint density at radius 2 is 2.10 bits per heavy atom. The molecule has 0 aliphatic heterocycles. The maximum Gasteiger partial charge on any atom is 0.417 e. The Kier molecular flexibility index (Phi) is 5.29. The van der Waals surface area contributed by atoms with Crippen molar-refractivity contribution in [2.45, 2.75) is 35.8 Å². The number of nitrogens with zero attached hydrogens (tertiary/aromatic N) is 1. The van der Waals surface area contributed by atoms with Gasteiger partial charge in [-0.3, -0.25) is 0 Å². The SMILES string of the molecule is CCNCc1ccc(Sc2nc(C)cs2)c(C(F)(F)F)c1. The smallest absolute Gasteiger partial charge is 0.313 e. The Labute approximate surface area is 129 Å². The highest BCUT2D eigenvalue weighted by Crippen LogP contribution is 2.40. The number of nitrogens with one attached hydrogen (secondary N) is 1. The standard InChI is InChI=1S/C14H15F3N2S2/c1-3-18-7-10-4-5-12(11(6-10)14(15,16)17)21-13-19-9(2)8-20-13/h4-6,8,18H,3,7H2,1-2H3. The van der Waals surface area contributed by atoms with Gasteiger partial charge in [-0.05, 0) is 31.2 Å². The predicted molar refractivity (Wildman–Crippen MR) is 79.8 cm³/mol. The van der Waals surface area contributed by atoms with Gasteiger partial charge in [0.25, 0.3) is 0 Å². The third kappa shape index (κ3) is 4.46. The zero-order valence-corrected chi connectivity index (χ0v) is 13.3. The molecule has 0 bridgehead atoms. The number of halogens is 3. The molecule has 0 fully saturated rings. The number of thiazole rings is 1. The van der Waals surface area contributed by atoms with Crippen LogP contribution in [0, 0.1) is 6.92 Å². The van der Waals surface area contributed by atoms with Gasteiger partial charge in [-0.15, -0.1) is 11.3 Å². The van der Waals surface area contributed by atoms with Crippen molar-refractivity contribution in [2.75, 3.05) is 6.54 Å². The second kappa shape index (κ2) is 6.81. The summed E-state index contributed by atoms with van der Waals surface area (Å²) in [7, 11) is 0. The lowest BCUT2D eigenvalue weighted by atomic mass is 10.1. The van der Waals surface area contributed by atoms with Gasteiger partial charge >= 0.3 is 6.18 Å². The molecule has 2 nitrogen and oxygen atoms in total. The molecule has 0 saturated carbocycles. The van der Waals surface area contributed by atoms with Gasteiger partial charge in [0, 0.05) is 22.5 Å². The van der Waals surface area contributed by atoms with Crippen LogP contribution in [0.25, 0.3) is 0 Å². The van der Waals surface area contributed by atoms with E-state index in [4.69, 9.17) is 0 Å². The Hall–Kier alpha value is -1.05. The highest BCUT2D eigenvalue weighted by Gasteiger charge is 2.34. The summed E-state index contributed by atoms with van der Waals surface area (Å²) in [6.45, 7) is 4.89. The van der Waals surface area contributed by atoms with Crippen LogP contribution in [-0.2, 0) is 12.7 Å². The Bertz CT molecular complexity index is 609. The van der Waals surface area contributed by atoms with E-state index in [1.165, 1.54) is 23.5 Å². The van der Waals surface area contributed by atoms with Gasteiger partial charge < -0.3 is 5.32 Å². The number of hydrogen-bond donors (Lipinski definition) is 1. The van der Waals surface area contributed by atoms with Crippen LogP contribution in [0.4, 0.5) is 13.2 Å². The first-order valence-corrected chi connectivity index (χ1v) is 8.10. The minimum atomic E-state index is -4.36. The summed E-state index contributed by atoms with van der Waals surface area (Å²) in [5.41, 5.74) is 0.847. The zero-order valence-electron chi connectivity index (χ0n) is 11.6. The van der Waals surface area contributed by atoms with E-state index in [9.17, 15) is 13.2 Å². The molecule has 0 aliphatic rings. The van der Waals surface area contributed by atoms with Gasteiger partial charge in [-0.25, -0.2) is 4.98 Å². The van der Waals surface area contributed by atoms with E-state index in [-0.39, 0.29) is 4.90 Å². The van der Waals surface area contributed by atoms with Crippen LogP contribution in [-0.4, -0.2) is 11.5 Å². The molecule has 0 amide bonds. The van der Waals surface area contributed by atoms with Crippen LogP contribution in [0.2, 0.25) is 0 Å². The molecule has 1 N–H and O–H groups in total. The molecule has 1 heterocycles. The summed E-state index contributed by atoms with van der Waals surface area (Å²) < 4.78 is 40.2. The molecule has 2 aromatic rings. The third-order valence-corrected chi connectivity index (χ3v) is 4.86. The topological polar surface area (TPSA) is 24.9 Å². The molecule has 1 aromatic carbocycles. The third-order valence-electron chi connectivity index (χ3n) is 2.72. The Morgan fingerprint density at radius 1 is 1.33 bits per heavy atom. The number of aromatic nitrogens is 1. The fourth-order valence-electron chi connectivity index (χ4n) is 1.74. The van der Waals surface area contributed by atoms with Crippen LogP contribution in [0.1, 0.15) is 23.7 Å². The summed E-state index contributed by atoms with van der Waals surface area (Å²) in [6, 6.07) is 4.46. The number of hydrogen-bond acceptors (Lipinski definition) is 4. The molecule has 0 spiro atoms. The summed E-state index contributed by atoms with van der Waals surface area (Å²) in [4.78, 5) is 4.39. The van der Waals surface area contributed by atoms with Crippen molar-refractivity contribution < 1.29 is 13.2 Å². The highest BCUT2D eigenvalue weighted by molar-refractivity contribution is 8.01. The minimum absolute atomic E-state index is 0.192. The van der Waals surface area contributed by atoms with Crippen LogP contribution in [0.15, 0.2) is 32.8 Å². The largest absolute Gasteiger partial charge is 0.417 e. The zero-order chi connectivity index (χ0) is 15.5. The van der Waals surface area contributed by atoms with E-state index >= 15 is 0 Å². The second-order valence-corrected chi connectivity index (χ2v) is 6.61. The van der Waals surface area contributed by atoms with E-state index in [2.05, 4.69) is 10.3 Å². The molecule has 21 heavy (non-hydrogen) atoms. The Morgan fingerprint density at radius 3 is 2.67 bits per heavy atom. The van der Waals surface area contributed by atoms with Gasteiger partial charge in [-0.2, -0.15) is 13.2 Å². The quantitative estimate of drug-likeness (QED) is 0.857. The lowest BCUT2D eigenvalue weighted by Gasteiger charge is -2.13. The maximum atomic E-state index is 13.2. The lowest BCUT2D eigenvalue weighted by molar-refractivity contribution is -0.139. The molecule has 0 unspecified atom stereocenters. The minimum Gasteiger partial charge on any atom is -0.313 e. The lowest BCUT2D eigenvalue weighted by Crippen LogP contribution is -2.13. The second-order valence-electron chi connectivity index (χ2n) is 4.47. The molecule has 0 saturated heterocycles. The first-order valence-electron chi connectivity index (χ1n) is 6.41. The summed E-state index contributed by atoms with van der Waals surface area (Å²) in [6.07, 6.45) is -4.36. The van der Waals surface area contributed by atoms with Gasteiger partial charge in [0.05, 0.1) is 5.56 Å². The maximum absolute atomic E-state index is 13.2. The average Bonchev–Trinajstić information content (AvgIpc) is 2.82. The van der Waals surface area contributed by atoms with Gasteiger partial charge in [-0.1, -0.05) is 24.8 Å². The normalized spacial score (nSPS) is 11.9. The van der Waals surface area contributed by atoms with E-state index in [0.717, 1.165) is 24.0 Å². The summed E-state index contributed by atoms with van der Waals surface area (Å²) >= 11 is 2.42. The van der Waals surface area contributed by atoms with Crippen molar-refractivity contribution in [3.05, 3.63) is 40.4 Å². The van der Waals surface area contributed by atoms with Crippen LogP contribution in [0.3, 0.4) is 0 Å². The van der Waals surface area contributed by atoms with Crippen LogP contribution < -0.4 is 5.32 Å². The fourth-order valence-corrected chi connectivity index (χ4v) is 3.67. The molecule has 0 atom stereocenters. The van der Waals surface area contributed by atoms with Crippen LogP contribution >= 0.6 is 23.1 Å². The summed E-state index contributed by atoms with van der Waals surface area (Å²) in [5, 5.41) is 4.86. The van der Waals surface area contributed by atoms with E-state index in [1.54, 1.807) is 6.07 Å². The number of alkyl halides is 3.